The molecule has 2 saturated heterocycles. The van der Waals surface area contributed by atoms with Gasteiger partial charge in [-0.1, -0.05) is 32.4 Å². The van der Waals surface area contributed by atoms with Crippen LogP contribution in [0.4, 0.5) is 11.4 Å². The lowest BCUT2D eigenvalue weighted by molar-refractivity contribution is -0.385. The van der Waals surface area contributed by atoms with Gasteiger partial charge in [0.25, 0.3) is 11.4 Å². The average Bonchev–Trinajstić information content (AvgIpc) is 3.71. The van der Waals surface area contributed by atoms with Crippen LogP contribution in [0.2, 0.25) is 0 Å². The van der Waals surface area contributed by atoms with E-state index in [0.717, 1.165) is 38.5 Å². The number of esters is 2. The van der Waals surface area contributed by atoms with E-state index in [1.165, 1.54) is 54.1 Å². The number of rotatable bonds is 6. The van der Waals surface area contributed by atoms with Crippen molar-refractivity contribution >= 4 is 23.3 Å². The highest BCUT2D eigenvalue weighted by Crippen LogP contribution is 2.70. The first kappa shape index (κ1) is 35.8. The SMILES string of the molecule is C[C@H]1[C@H]2[C@H](C=C3[C@@H]4CC[C@H]5C[C@@H](OC(=O)c6ccc([N+](=O)[O-])cc6)CC[C@]5(C)[C@H]4C[C@@H](OC(=O)c4ccc([N+](=O)[O-])cc4)[C@@]32C)O[C@]12CCC(C)(C)O2. The van der Waals surface area contributed by atoms with Gasteiger partial charge in [-0.3, -0.25) is 20.2 Å². The molecule has 0 aromatic heterocycles. The number of non-ortho nitro benzene ring substituents is 2. The minimum Gasteiger partial charge on any atom is -0.459 e. The molecule has 2 aromatic carbocycles. The molecule has 2 aliphatic heterocycles. The standard InChI is InChI=1S/C41H48N2O10/c1-23-35-33(52-41(23)19-18-38(2,3)53-41)21-32-30-15-10-26-20-29(50-36(44)24-6-11-27(12-7-24)42(46)47)16-17-39(26,4)31(30)22-34(40(32,35)5)51-37(45)25-8-13-28(14-9-25)43(48)49/h6-9,11-14,21,23,26,29-31,33-35H,10,15-20,22H2,1-5H3/t23-,26-,29-,30+,31-,33-,34+,35-,39-,40+,41-/m0/s1. The summed E-state index contributed by atoms with van der Waals surface area (Å²) in [5.74, 6) is -0.776. The molecular weight excluding hydrogens is 680 g/mol. The number of nitro benzene ring substituents is 2. The summed E-state index contributed by atoms with van der Waals surface area (Å²) in [5.41, 5.74) is 0.834. The van der Waals surface area contributed by atoms with Gasteiger partial charge in [-0.25, -0.2) is 9.59 Å². The maximum absolute atomic E-state index is 13.9. The van der Waals surface area contributed by atoms with E-state index in [2.05, 4.69) is 40.7 Å². The van der Waals surface area contributed by atoms with E-state index >= 15 is 0 Å². The van der Waals surface area contributed by atoms with Crippen molar-refractivity contribution in [3.05, 3.63) is 91.5 Å². The fourth-order valence-corrected chi connectivity index (χ4v) is 11.7. The third kappa shape index (κ3) is 5.70. The largest absolute Gasteiger partial charge is 0.459 e. The molecule has 12 heteroatoms. The van der Waals surface area contributed by atoms with E-state index < -0.39 is 39.1 Å². The zero-order valence-electron chi connectivity index (χ0n) is 30.9. The van der Waals surface area contributed by atoms with E-state index in [-0.39, 0.29) is 69.8 Å². The Morgan fingerprint density at radius 3 is 1.96 bits per heavy atom. The summed E-state index contributed by atoms with van der Waals surface area (Å²) in [6, 6.07) is 11.1. The fourth-order valence-electron chi connectivity index (χ4n) is 11.7. The predicted molar refractivity (Wildman–Crippen MR) is 192 cm³/mol. The first-order valence-corrected chi connectivity index (χ1v) is 19.1. The highest BCUT2D eigenvalue weighted by Gasteiger charge is 2.70. The van der Waals surface area contributed by atoms with Gasteiger partial charge < -0.3 is 18.9 Å². The summed E-state index contributed by atoms with van der Waals surface area (Å²) < 4.78 is 26.2. The fraction of sp³-hybridized carbons (Fsp3) is 0.610. The van der Waals surface area contributed by atoms with E-state index in [0.29, 0.717) is 18.4 Å². The Labute approximate surface area is 308 Å². The number of carbonyl (C=O) groups excluding carboxylic acids is 2. The summed E-state index contributed by atoms with van der Waals surface area (Å²) in [6.45, 7) is 11.1. The Morgan fingerprint density at radius 1 is 0.792 bits per heavy atom. The Bertz CT molecular complexity index is 1880. The zero-order chi connectivity index (χ0) is 37.7. The van der Waals surface area contributed by atoms with Gasteiger partial charge in [0.1, 0.15) is 12.2 Å². The Kier molecular flexibility index (Phi) is 8.42. The van der Waals surface area contributed by atoms with Gasteiger partial charge in [-0.2, -0.15) is 0 Å². The van der Waals surface area contributed by atoms with Gasteiger partial charge in [0.2, 0.25) is 0 Å². The quantitative estimate of drug-likeness (QED) is 0.122. The molecule has 0 N–H and O–H groups in total. The first-order valence-electron chi connectivity index (χ1n) is 19.1. The summed E-state index contributed by atoms with van der Waals surface area (Å²) in [6.07, 6.45) is 8.05. The number of hydrogen-bond donors (Lipinski definition) is 0. The van der Waals surface area contributed by atoms with Crippen molar-refractivity contribution in [2.45, 2.75) is 116 Å². The second kappa shape index (κ2) is 12.4. The summed E-state index contributed by atoms with van der Waals surface area (Å²) in [7, 11) is 0. The number of benzene rings is 2. The molecule has 0 radical (unpaired) electrons. The van der Waals surface area contributed by atoms with Crippen LogP contribution in [0.5, 0.6) is 0 Å². The number of ether oxygens (including phenoxy) is 4. The Hall–Kier alpha value is -4.16. The smallest absolute Gasteiger partial charge is 0.338 e. The molecule has 8 rings (SSSR count). The highest BCUT2D eigenvalue weighted by atomic mass is 16.7. The first-order chi connectivity index (χ1) is 25.0. The average molecular weight is 729 g/mol. The predicted octanol–water partition coefficient (Wildman–Crippen LogP) is 8.37. The van der Waals surface area contributed by atoms with Crippen LogP contribution in [-0.2, 0) is 18.9 Å². The number of hydrogen-bond acceptors (Lipinski definition) is 10. The van der Waals surface area contributed by atoms with Gasteiger partial charge in [0.15, 0.2) is 5.79 Å². The Morgan fingerprint density at radius 2 is 1.40 bits per heavy atom. The molecule has 5 fully saturated rings. The van der Waals surface area contributed by atoms with Crippen LogP contribution in [0.1, 0.15) is 107 Å². The molecule has 0 amide bonds. The normalized spacial score (nSPS) is 39.2. The van der Waals surface area contributed by atoms with E-state index in [1.54, 1.807) is 0 Å². The molecule has 282 valence electrons. The molecule has 3 saturated carbocycles. The van der Waals surface area contributed by atoms with Crippen molar-refractivity contribution in [1.29, 1.82) is 0 Å². The number of fused-ring (bicyclic) bond motifs is 7. The molecule has 2 aromatic rings. The van der Waals surface area contributed by atoms with Crippen molar-refractivity contribution in [3.8, 4) is 0 Å². The minimum atomic E-state index is -0.693. The third-order valence-corrected chi connectivity index (χ3v) is 14.4. The van der Waals surface area contributed by atoms with Gasteiger partial charge in [-0.15, -0.1) is 0 Å². The number of nitro groups is 2. The van der Waals surface area contributed by atoms with Gasteiger partial charge in [0, 0.05) is 47.9 Å². The summed E-state index contributed by atoms with van der Waals surface area (Å²) >= 11 is 0. The van der Waals surface area contributed by atoms with Crippen LogP contribution >= 0.6 is 0 Å². The van der Waals surface area contributed by atoms with Crippen LogP contribution in [0.15, 0.2) is 60.2 Å². The monoisotopic (exact) mass is 728 g/mol. The lowest BCUT2D eigenvalue weighted by Crippen LogP contribution is -2.58. The van der Waals surface area contributed by atoms with Crippen LogP contribution in [0.3, 0.4) is 0 Å². The molecule has 2 heterocycles. The molecule has 4 aliphatic carbocycles. The minimum absolute atomic E-state index is 0.0436. The van der Waals surface area contributed by atoms with Crippen molar-refractivity contribution in [2.75, 3.05) is 0 Å². The van der Waals surface area contributed by atoms with E-state index in [9.17, 15) is 29.8 Å². The molecule has 53 heavy (non-hydrogen) atoms. The van der Waals surface area contributed by atoms with Crippen LogP contribution in [0.25, 0.3) is 0 Å². The van der Waals surface area contributed by atoms with E-state index in [4.69, 9.17) is 18.9 Å². The van der Waals surface area contributed by atoms with Crippen LogP contribution < -0.4 is 0 Å². The maximum atomic E-state index is 13.9. The zero-order valence-corrected chi connectivity index (χ0v) is 30.9. The number of carbonyl (C=O) groups is 2. The molecule has 1 spiro atoms. The van der Waals surface area contributed by atoms with Gasteiger partial charge >= 0.3 is 11.9 Å². The van der Waals surface area contributed by atoms with E-state index in [1.807, 2.05) is 0 Å². The number of nitrogens with zero attached hydrogens (tertiary/aromatic N) is 2. The molecule has 6 aliphatic rings. The van der Waals surface area contributed by atoms with Crippen molar-refractivity contribution in [3.63, 3.8) is 0 Å². The molecule has 0 unspecified atom stereocenters. The van der Waals surface area contributed by atoms with Crippen molar-refractivity contribution in [2.24, 2.45) is 40.4 Å². The lowest BCUT2D eigenvalue weighted by Gasteiger charge is -2.61. The lowest BCUT2D eigenvalue weighted by atomic mass is 9.45. The topological polar surface area (TPSA) is 157 Å². The van der Waals surface area contributed by atoms with Crippen molar-refractivity contribution < 1.29 is 38.4 Å². The van der Waals surface area contributed by atoms with Gasteiger partial charge in [-0.05, 0) is 106 Å². The molecule has 0 bridgehead atoms. The Balaban J connectivity index is 1.07. The third-order valence-electron chi connectivity index (χ3n) is 14.4. The maximum Gasteiger partial charge on any atom is 0.338 e. The van der Waals surface area contributed by atoms with Crippen LogP contribution in [-0.4, -0.2) is 51.5 Å². The van der Waals surface area contributed by atoms with Crippen molar-refractivity contribution in [1.82, 2.24) is 0 Å². The second-order valence-corrected chi connectivity index (χ2v) is 17.5. The molecule has 11 atom stereocenters. The summed E-state index contributed by atoms with van der Waals surface area (Å²) in [5, 5.41) is 22.4. The van der Waals surface area contributed by atoms with Crippen LogP contribution in [0, 0.1) is 60.6 Å². The molecular formula is C41H48N2O10. The second-order valence-electron chi connectivity index (χ2n) is 17.5. The molecule has 12 nitrogen and oxygen atoms in total. The highest BCUT2D eigenvalue weighted by molar-refractivity contribution is 5.90. The summed E-state index contributed by atoms with van der Waals surface area (Å²) in [4.78, 5) is 48.4. The van der Waals surface area contributed by atoms with Gasteiger partial charge in [0.05, 0.1) is 32.7 Å².